The second kappa shape index (κ2) is 4.33. The minimum Gasteiger partial charge on any atom is -0.480 e. The van der Waals surface area contributed by atoms with Crippen LogP contribution in [-0.4, -0.2) is 30.9 Å². The highest BCUT2D eigenvalue weighted by Crippen LogP contribution is 2.40. The van der Waals surface area contributed by atoms with Gasteiger partial charge in [-0.3, -0.25) is 0 Å². The molecule has 1 saturated heterocycles. The third kappa shape index (κ3) is 2.32. The number of fused-ring (bicyclic) bond motifs is 1. The van der Waals surface area contributed by atoms with Crippen molar-refractivity contribution < 1.29 is 19.0 Å². The molecule has 96 valence electrons. The molecule has 4 nitrogen and oxygen atoms in total. The number of esters is 1. The van der Waals surface area contributed by atoms with E-state index in [4.69, 9.17) is 14.2 Å². The molecule has 2 heterocycles. The average Bonchev–Trinajstić information content (AvgIpc) is 2.26. The maximum Gasteiger partial charge on any atom is 0.373 e. The number of rotatable bonds is 1. The molecular weight excluding hydrogens is 220 g/mol. The maximum atomic E-state index is 11.5. The fraction of sp³-hybridized carbons (Fsp3) is 0.769. The molecule has 0 N–H and O–H groups in total. The van der Waals surface area contributed by atoms with Gasteiger partial charge in [0.1, 0.15) is 5.60 Å². The molecule has 0 unspecified atom stereocenters. The van der Waals surface area contributed by atoms with Gasteiger partial charge in [-0.15, -0.1) is 0 Å². The van der Waals surface area contributed by atoms with E-state index in [2.05, 4.69) is 6.92 Å². The lowest BCUT2D eigenvalue weighted by Gasteiger charge is -2.46. The van der Waals surface area contributed by atoms with Gasteiger partial charge in [0.05, 0.1) is 19.3 Å². The lowest BCUT2D eigenvalue weighted by Crippen LogP contribution is -2.49. The third-order valence-corrected chi connectivity index (χ3v) is 3.64. The summed E-state index contributed by atoms with van der Waals surface area (Å²) in [5, 5.41) is 0. The standard InChI is InChI=1S/C13H20O4/c1-8-5-6-9-10(16-8)7-11(12(14)15-4)17-13(9,2)3/h7-10H,5-6H2,1-4H3/t8-,9+,10-/m0/s1. The van der Waals surface area contributed by atoms with Gasteiger partial charge in [0.25, 0.3) is 0 Å². The first-order valence-electron chi connectivity index (χ1n) is 6.08. The van der Waals surface area contributed by atoms with E-state index in [9.17, 15) is 4.79 Å². The molecule has 0 aromatic heterocycles. The van der Waals surface area contributed by atoms with Crippen LogP contribution in [0.3, 0.4) is 0 Å². The first-order valence-corrected chi connectivity index (χ1v) is 6.08. The van der Waals surface area contributed by atoms with Crippen molar-refractivity contribution in [3.05, 3.63) is 11.8 Å². The number of methoxy groups -OCH3 is 1. The number of carbonyl (C=O) groups excluding carboxylic acids is 1. The molecule has 2 aliphatic heterocycles. The van der Waals surface area contributed by atoms with Gasteiger partial charge in [0, 0.05) is 5.92 Å². The normalized spacial score (nSPS) is 35.3. The predicted octanol–water partition coefficient (Wildman–Crippen LogP) is 2.04. The van der Waals surface area contributed by atoms with E-state index in [1.165, 1.54) is 7.11 Å². The van der Waals surface area contributed by atoms with Crippen molar-refractivity contribution in [1.29, 1.82) is 0 Å². The SMILES string of the molecule is COC(=O)C1=C[C@@H]2O[C@@H](C)CC[C@H]2C(C)(C)O1. The first-order chi connectivity index (χ1) is 7.94. The summed E-state index contributed by atoms with van der Waals surface area (Å²) in [5.41, 5.74) is -0.386. The molecule has 0 aromatic rings. The van der Waals surface area contributed by atoms with Gasteiger partial charge >= 0.3 is 5.97 Å². The molecule has 0 amide bonds. The Hall–Kier alpha value is -1.03. The molecule has 17 heavy (non-hydrogen) atoms. The van der Waals surface area contributed by atoms with Gasteiger partial charge in [-0.25, -0.2) is 4.79 Å². The topological polar surface area (TPSA) is 44.8 Å². The molecule has 0 saturated carbocycles. The van der Waals surface area contributed by atoms with Crippen molar-refractivity contribution in [2.75, 3.05) is 7.11 Å². The second-order valence-corrected chi connectivity index (χ2v) is 5.32. The Labute approximate surface area is 102 Å². The van der Waals surface area contributed by atoms with Crippen molar-refractivity contribution >= 4 is 5.97 Å². The minimum absolute atomic E-state index is 0.0448. The summed E-state index contributed by atoms with van der Waals surface area (Å²) in [6.07, 6.45) is 4.05. The van der Waals surface area contributed by atoms with Crippen LogP contribution < -0.4 is 0 Å². The highest BCUT2D eigenvalue weighted by Gasteiger charge is 2.45. The molecule has 2 aliphatic rings. The van der Waals surface area contributed by atoms with E-state index in [-0.39, 0.29) is 23.6 Å². The summed E-state index contributed by atoms with van der Waals surface area (Å²) in [5.74, 6) is 0.137. The van der Waals surface area contributed by atoms with Gasteiger partial charge in [-0.1, -0.05) is 0 Å². The Morgan fingerprint density at radius 1 is 1.47 bits per heavy atom. The van der Waals surface area contributed by atoms with Crippen molar-refractivity contribution in [2.24, 2.45) is 5.92 Å². The Balaban J connectivity index is 2.26. The molecule has 0 spiro atoms. The van der Waals surface area contributed by atoms with Gasteiger partial charge in [-0.2, -0.15) is 0 Å². The van der Waals surface area contributed by atoms with Crippen molar-refractivity contribution in [1.82, 2.24) is 0 Å². The summed E-state index contributed by atoms with van der Waals surface area (Å²) in [6, 6.07) is 0. The summed E-state index contributed by atoms with van der Waals surface area (Å²) in [6.45, 7) is 6.06. The molecule has 0 radical (unpaired) electrons. The zero-order valence-electron chi connectivity index (χ0n) is 10.9. The Bertz CT molecular complexity index is 345. The lowest BCUT2D eigenvalue weighted by atomic mass is 9.78. The molecule has 2 rings (SSSR count). The molecule has 3 atom stereocenters. The summed E-state index contributed by atoms with van der Waals surface area (Å²) in [7, 11) is 1.36. The second-order valence-electron chi connectivity index (χ2n) is 5.32. The zero-order valence-corrected chi connectivity index (χ0v) is 10.9. The van der Waals surface area contributed by atoms with Crippen LogP contribution in [0.25, 0.3) is 0 Å². The van der Waals surface area contributed by atoms with Crippen LogP contribution in [0, 0.1) is 5.92 Å². The number of ether oxygens (including phenoxy) is 3. The zero-order chi connectivity index (χ0) is 12.6. The Kier molecular flexibility index (Phi) is 3.17. The van der Waals surface area contributed by atoms with E-state index in [0.29, 0.717) is 5.92 Å². The van der Waals surface area contributed by atoms with Crippen LogP contribution in [0.4, 0.5) is 0 Å². The van der Waals surface area contributed by atoms with Crippen molar-refractivity contribution in [2.45, 2.75) is 51.4 Å². The van der Waals surface area contributed by atoms with Gasteiger partial charge < -0.3 is 14.2 Å². The van der Waals surface area contributed by atoms with Crippen molar-refractivity contribution in [3.63, 3.8) is 0 Å². The monoisotopic (exact) mass is 240 g/mol. The van der Waals surface area contributed by atoms with E-state index in [0.717, 1.165) is 12.8 Å². The molecular formula is C13H20O4. The van der Waals surface area contributed by atoms with Crippen LogP contribution in [-0.2, 0) is 19.0 Å². The van der Waals surface area contributed by atoms with E-state index in [1.807, 2.05) is 13.8 Å². The lowest BCUT2D eigenvalue weighted by molar-refractivity contribution is -0.162. The Morgan fingerprint density at radius 3 is 2.82 bits per heavy atom. The van der Waals surface area contributed by atoms with Crippen LogP contribution in [0.15, 0.2) is 11.8 Å². The fourth-order valence-corrected chi connectivity index (χ4v) is 2.66. The highest BCUT2D eigenvalue weighted by atomic mass is 16.6. The smallest absolute Gasteiger partial charge is 0.373 e. The first kappa shape index (κ1) is 12.4. The molecule has 0 bridgehead atoms. The van der Waals surface area contributed by atoms with Crippen LogP contribution >= 0.6 is 0 Å². The molecule has 0 aliphatic carbocycles. The number of carbonyl (C=O) groups is 1. The van der Waals surface area contributed by atoms with E-state index < -0.39 is 5.97 Å². The number of hydrogen-bond acceptors (Lipinski definition) is 4. The summed E-state index contributed by atoms with van der Waals surface area (Å²) < 4.78 is 16.3. The van der Waals surface area contributed by atoms with E-state index >= 15 is 0 Å². The molecule has 0 aromatic carbocycles. The average molecular weight is 240 g/mol. The summed E-state index contributed by atoms with van der Waals surface area (Å²) >= 11 is 0. The quantitative estimate of drug-likeness (QED) is 0.658. The van der Waals surface area contributed by atoms with Gasteiger partial charge in [0.15, 0.2) is 0 Å². The minimum atomic E-state index is -0.432. The van der Waals surface area contributed by atoms with Crippen LogP contribution in [0.5, 0.6) is 0 Å². The summed E-state index contributed by atoms with van der Waals surface area (Å²) in [4.78, 5) is 11.5. The Morgan fingerprint density at radius 2 is 2.18 bits per heavy atom. The van der Waals surface area contributed by atoms with Gasteiger partial charge in [-0.05, 0) is 39.7 Å². The van der Waals surface area contributed by atoms with E-state index in [1.54, 1.807) is 6.08 Å². The third-order valence-electron chi connectivity index (χ3n) is 3.64. The predicted molar refractivity (Wildman–Crippen MR) is 62.3 cm³/mol. The molecule has 1 fully saturated rings. The highest BCUT2D eigenvalue weighted by molar-refractivity contribution is 5.86. The maximum absolute atomic E-state index is 11.5. The number of hydrogen-bond donors (Lipinski definition) is 0. The van der Waals surface area contributed by atoms with Crippen LogP contribution in [0.2, 0.25) is 0 Å². The van der Waals surface area contributed by atoms with Crippen molar-refractivity contribution in [3.8, 4) is 0 Å². The van der Waals surface area contributed by atoms with Crippen LogP contribution in [0.1, 0.15) is 33.6 Å². The fourth-order valence-electron chi connectivity index (χ4n) is 2.66. The molecule has 4 heteroatoms. The van der Waals surface area contributed by atoms with Gasteiger partial charge in [0.2, 0.25) is 5.76 Å². The largest absolute Gasteiger partial charge is 0.480 e.